The van der Waals surface area contributed by atoms with Crippen molar-refractivity contribution in [1.29, 1.82) is 0 Å². The monoisotopic (exact) mass is 369 g/mol. The highest BCUT2D eigenvalue weighted by Gasteiger charge is 2.47. The second-order valence-corrected chi connectivity index (χ2v) is 6.85. The second-order valence-electron chi connectivity index (χ2n) is 6.44. The van der Waals surface area contributed by atoms with E-state index in [4.69, 9.17) is 30.9 Å². The van der Waals surface area contributed by atoms with Crippen LogP contribution in [0.5, 0.6) is 11.5 Å². The number of fused-ring (bicyclic) bond motifs is 1. The number of hydrogen-bond donors (Lipinski definition) is 1. The highest BCUT2D eigenvalue weighted by atomic mass is 35.5. The summed E-state index contributed by atoms with van der Waals surface area (Å²) in [6.45, 7) is 4.43. The molecule has 1 aromatic rings. The smallest absolute Gasteiger partial charge is 0.407 e. The summed E-state index contributed by atoms with van der Waals surface area (Å²) in [6, 6.07) is 1.52. The maximum atomic E-state index is 11.9. The second kappa shape index (κ2) is 6.29. The van der Waals surface area contributed by atoms with Crippen LogP contribution in [-0.4, -0.2) is 48.1 Å². The van der Waals surface area contributed by atoms with E-state index in [0.717, 1.165) is 0 Å². The lowest BCUT2D eigenvalue weighted by molar-refractivity contribution is -0.123. The van der Waals surface area contributed by atoms with E-state index in [1.165, 1.54) is 18.1 Å². The van der Waals surface area contributed by atoms with Crippen LogP contribution in [0.2, 0.25) is 5.02 Å². The molecule has 7 nitrogen and oxygen atoms in total. The molecule has 0 aliphatic carbocycles. The van der Waals surface area contributed by atoms with Crippen LogP contribution >= 0.6 is 11.6 Å². The van der Waals surface area contributed by atoms with E-state index in [9.17, 15) is 9.59 Å². The van der Waals surface area contributed by atoms with E-state index in [2.05, 4.69) is 0 Å². The summed E-state index contributed by atoms with van der Waals surface area (Å²) in [6.07, 6.45) is 0.330. The van der Waals surface area contributed by atoms with Gasteiger partial charge in [0.25, 0.3) is 5.79 Å². The van der Waals surface area contributed by atoms with Gasteiger partial charge in [-0.1, -0.05) is 11.6 Å². The highest BCUT2D eigenvalue weighted by molar-refractivity contribution is 6.32. The third kappa shape index (κ3) is 2.97. The lowest BCUT2D eigenvalue weighted by Crippen LogP contribution is -2.49. The summed E-state index contributed by atoms with van der Waals surface area (Å²) in [5.74, 6) is -0.580. The molecule has 0 radical (unpaired) electrons. The van der Waals surface area contributed by atoms with Crippen LogP contribution in [-0.2, 0) is 4.74 Å². The number of nitrogens with zero attached hydrogens (tertiary/aromatic N) is 1. The Bertz CT molecular complexity index is 728. The molecule has 1 saturated heterocycles. The number of amides is 1. The zero-order valence-electron chi connectivity index (χ0n) is 14.3. The van der Waals surface area contributed by atoms with Gasteiger partial charge in [0, 0.05) is 31.5 Å². The average molecular weight is 370 g/mol. The molecule has 0 aromatic heterocycles. The minimum absolute atomic E-state index is 0.00698. The van der Waals surface area contributed by atoms with Crippen LogP contribution in [0.3, 0.4) is 0 Å². The van der Waals surface area contributed by atoms with Gasteiger partial charge < -0.3 is 24.2 Å². The number of ether oxygens (including phenoxy) is 3. The number of esters is 1. The lowest BCUT2D eigenvalue weighted by atomic mass is 9.89. The third-order valence-electron chi connectivity index (χ3n) is 4.96. The van der Waals surface area contributed by atoms with Crippen LogP contribution in [0.1, 0.15) is 35.7 Å². The Kier molecular flexibility index (Phi) is 4.45. The normalized spacial score (nSPS) is 22.8. The van der Waals surface area contributed by atoms with Gasteiger partial charge in [0.05, 0.1) is 17.7 Å². The number of likely N-dealkylation sites (tertiary alicyclic amines) is 1. The van der Waals surface area contributed by atoms with Crippen LogP contribution in [0.4, 0.5) is 4.79 Å². The van der Waals surface area contributed by atoms with Crippen LogP contribution in [0.15, 0.2) is 6.07 Å². The van der Waals surface area contributed by atoms with Crippen molar-refractivity contribution >= 4 is 23.7 Å². The maximum Gasteiger partial charge on any atom is 0.407 e. The summed E-state index contributed by atoms with van der Waals surface area (Å²) in [7, 11) is 1.31. The Labute approximate surface area is 150 Å². The number of carbonyl (C=O) groups excluding carboxylic acids is 1. The van der Waals surface area contributed by atoms with Crippen molar-refractivity contribution in [3.05, 3.63) is 22.2 Å². The molecule has 1 fully saturated rings. The minimum Gasteiger partial charge on any atom is -0.465 e. The predicted octanol–water partition coefficient (Wildman–Crippen LogP) is 3.31. The van der Waals surface area contributed by atoms with Gasteiger partial charge in [0.1, 0.15) is 0 Å². The molecule has 2 aliphatic heterocycles. The first kappa shape index (κ1) is 17.7. The number of methoxy groups -OCH3 is 1. The summed E-state index contributed by atoms with van der Waals surface area (Å²) >= 11 is 6.28. The van der Waals surface area contributed by atoms with Crippen molar-refractivity contribution in [3.63, 3.8) is 0 Å². The molecular formula is C17H20ClNO6. The SMILES string of the molecule is COC(=O)c1cc(Cl)c2c(c1C)O[C@@](C)(C1CCN(C(=O)O)CC1)O2. The first-order valence-corrected chi connectivity index (χ1v) is 8.42. The molecule has 0 saturated carbocycles. The number of carbonyl (C=O) groups is 2. The van der Waals surface area contributed by atoms with Gasteiger partial charge in [-0.2, -0.15) is 0 Å². The van der Waals surface area contributed by atoms with Crippen LogP contribution < -0.4 is 9.47 Å². The number of benzene rings is 1. The number of carboxylic acid groups (broad SMARTS) is 1. The zero-order chi connectivity index (χ0) is 18.4. The largest absolute Gasteiger partial charge is 0.465 e. The topological polar surface area (TPSA) is 85.3 Å². The van der Waals surface area contributed by atoms with E-state index in [-0.39, 0.29) is 10.9 Å². The van der Waals surface area contributed by atoms with Gasteiger partial charge in [-0.15, -0.1) is 0 Å². The van der Waals surface area contributed by atoms with Gasteiger partial charge in [-0.3, -0.25) is 0 Å². The molecule has 1 atom stereocenters. The standard InChI is InChI=1S/C17H20ClNO6/c1-9-11(15(20)23-3)8-12(18)14-13(9)24-17(2,25-14)10-4-6-19(7-5-10)16(21)22/h8,10H,4-7H2,1-3H3,(H,21,22)/t17-/m1/s1. The van der Waals surface area contributed by atoms with E-state index in [1.807, 2.05) is 6.92 Å². The number of piperidine rings is 1. The molecule has 1 aromatic carbocycles. The molecule has 1 amide bonds. The Morgan fingerprint density at radius 1 is 1.32 bits per heavy atom. The van der Waals surface area contributed by atoms with Crippen LogP contribution in [0.25, 0.3) is 0 Å². The van der Waals surface area contributed by atoms with Crippen molar-refractivity contribution in [1.82, 2.24) is 4.90 Å². The molecule has 2 aliphatic rings. The lowest BCUT2D eigenvalue weighted by Gasteiger charge is -2.37. The quantitative estimate of drug-likeness (QED) is 0.805. The number of hydrogen-bond acceptors (Lipinski definition) is 5. The molecule has 0 bridgehead atoms. The van der Waals surface area contributed by atoms with E-state index in [1.54, 1.807) is 6.92 Å². The van der Waals surface area contributed by atoms with Crippen molar-refractivity contribution in [3.8, 4) is 11.5 Å². The first-order chi connectivity index (χ1) is 11.8. The molecule has 2 heterocycles. The van der Waals surface area contributed by atoms with E-state index >= 15 is 0 Å². The average Bonchev–Trinajstić information content (AvgIpc) is 2.97. The Morgan fingerprint density at radius 2 is 1.92 bits per heavy atom. The number of halogens is 1. The Hall–Kier alpha value is -2.15. The summed E-state index contributed by atoms with van der Waals surface area (Å²) < 4.78 is 16.9. The summed E-state index contributed by atoms with van der Waals surface area (Å²) in [5.41, 5.74) is 0.942. The third-order valence-corrected chi connectivity index (χ3v) is 5.24. The van der Waals surface area contributed by atoms with Crippen molar-refractivity contribution < 1.29 is 28.9 Å². The molecule has 8 heteroatoms. The molecular weight excluding hydrogens is 350 g/mol. The van der Waals surface area contributed by atoms with Crippen molar-refractivity contribution in [2.45, 2.75) is 32.5 Å². The maximum absolute atomic E-state index is 11.9. The Balaban J connectivity index is 1.85. The van der Waals surface area contributed by atoms with Gasteiger partial charge in [0.15, 0.2) is 11.5 Å². The highest BCUT2D eigenvalue weighted by Crippen LogP contribution is 2.51. The van der Waals surface area contributed by atoms with Crippen molar-refractivity contribution in [2.24, 2.45) is 5.92 Å². The van der Waals surface area contributed by atoms with Gasteiger partial charge in [-0.05, 0) is 25.8 Å². The van der Waals surface area contributed by atoms with Gasteiger partial charge in [-0.25, -0.2) is 9.59 Å². The van der Waals surface area contributed by atoms with Gasteiger partial charge >= 0.3 is 12.1 Å². The fourth-order valence-corrected chi connectivity index (χ4v) is 3.66. The van der Waals surface area contributed by atoms with Crippen molar-refractivity contribution in [2.75, 3.05) is 20.2 Å². The molecule has 136 valence electrons. The number of rotatable bonds is 2. The fourth-order valence-electron chi connectivity index (χ4n) is 3.43. The molecule has 25 heavy (non-hydrogen) atoms. The Morgan fingerprint density at radius 3 is 2.48 bits per heavy atom. The summed E-state index contributed by atoms with van der Waals surface area (Å²) in [4.78, 5) is 24.4. The van der Waals surface area contributed by atoms with E-state index < -0.39 is 17.8 Å². The minimum atomic E-state index is -0.948. The molecule has 3 rings (SSSR count). The first-order valence-electron chi connectivity index (χ1n) is 8.04. The molecule has 1 N–H and O–H groups in total. The van der Waals surface area contributed by atoms with Crippen LogP contribution in [0, 0.1) is 12.8 Å². The molecule has 0 unspecified atom stereocenters. The predicted molar refractivity (Wildman–Crippen MR) is 89.5 cm³/mol. The summed E-state index contributed by atoms with van der Waals surface area (Å²) in [5, 5.41) is 9.36. The molecule has 0 spiro atoms. The fraction of sp³-hybridized carbons (Fsp3) is 0.529. The van der Waals surface area contributed by atoms with Gasteiger partial charge in [0.2, 0.25) is 0 Å². The van der Waals surface area contributed by atoms with E-state index in [0.29, 0.717) is 48.6 Å². The zero-order valence-corrected chi connectivity index (χ0v) is 15.1.